The highest BCUT2D eigenvalue weighted by Crippen LogP contribution is 2.00. The monoisotopic (exact) mass is 140 g/mol. The molecule has 0 radical (unpaired) electrons. The summed E-state index contributed by atoms with van der Waals surface area (Å²) in [6, 6.07) is 0. The number of carbonyl (C=O) groups is 1. The first-order valence-electron chi connectivity index (χ1n) is 3.15. The summed E-state index contributed by atoms with van der Waals surface area (Å²) in [6.45, 7) is 5.50. The van der Waals surface area contributed by atoms with Crippen molar-refractivity contribution in [2.45, 2.75) is 13.3 Å². The molecule has 0 bridgehead atoms. The molecular formula is C8H12O2. The van der Waals surface area contributed by atoms with E-state index in [0.29, 0.717) is 0 Å². The minimum atomic E-state index is -0.322. The second kappa shape index (κ2) is 4.79. The Balaban J connectivity index is 4.09. The SMILES string of the molecule is C=C/C(=C\C(=O)OC)CC. The average molecular weight is 140 g/mol. The van der Waals surface area contributed by atoms with Crippen molar-refractivity contribution in [1.82, 2.24) is 0 Å². The highest BCUT2D eigenvalue weighted by atomic mass is 16.5. The molecule has 0 aromatic heterocycles. The standard InChI is InChI=1S/C8H12O2/c1-4-7(5-2)6-8(9)10-3/h4,6H,1,5H2,2-3H3/b7-6+. The molecule has 0 rings (SSSR count). The van der Waals surface area contributed by atoms with Gasteiger partial charge in [0.05, 0.1) is 7.11 Å². The molecule has 0 heterocycles. The molecule has 0 aliphatic heterocycles. The van der Waals surface area contributed by atoms with E-state index >= 15 is 0 Å². The zero-order chi connectivity index (χ0) is 7.98. The molecule has 0 aromatic rings. The Bertz CT molecular complexity index is 157. The van der Waals surface area contributed by atoms with Gasteiger partial charge in [0.15, 0.2) is 0 Å². The van der Waals surface area contributed by atoms with Gasteiger partial charge in [-0.05, 0) is 12.0 Å². The van der Waals surface area contributed by atoms with Crippen LogP contribution in [0, 0.1) is 0 Å². The zero-order valence-corrected chi connectivity index (χ0v) is 6.39. The minimum Gasteiger partial charge on any atom is -0.466 e. The van der Waals surface area contributed by atoms with Crippen molar-refractivity contribution in [3.05, 3.63) is 24.3 Å². The largest absolute Gasteiger partial charge is 0.466 e. The normalized spacial score (nSPS) is 10.8. The summed E-state index contributed by atoms with van der Waals surface area (Å²) in [6.07, 6.45) is 3.89. The molecule has 0 N–H and O–H groups in total. The lowest BCUT2D eigenvalue weighted by molar-refractivity contribution is -0.134. The molecule has 2 heteroatoms. The first-order chi connectivity index (χ1) is 4.74. The average Bonchev–Trinajstić information content (AvgIpc) is 1.99. The van der Waals surface area contributed by atoms with Gasteiger partial charge in [0, 0.05) is 6.08 Å². The highest BCUT2D eigenvalue weighted by Gasteiger charge is 1.93. The van der Waals surface area contributed by atoms with Crippen LogP contribution in [0.2, 0.25) is 0 Å². The maximum absolute atomic E-state index is 10.6. The van der Waals surface area contributed by atoms with Gasteiger partial charge in [-0.2, -0.15) is 0 Å². The molecule has 56 valence electrons. The fourth-order valence-electron chi connectivity index (χ4n) is 0.516. The van der Waals surface area contributed by atoms with Crippen LogP contribution in [0.1, 0.15) is 13.3 Å². The van der Waals surface area contributed by atoms with Gasteiger partial charge < -0.3 is 4.74 Å². The van der Waals surface area contributed by atoms with Gasteiger partial charge in [-0.25, -0.2) is 4.79 Å². The lowest BCUT2D eigenvalue weighted by Gasteiger charge is -1.94. The summed E-state index contributed by atoms with van der Waals surface area (Å²) in [5, 5.41) is 0. The fraction of sp³-hybridized carbons (Fsp3) is 0.375. The molecular weight excluding hydrogens is 128 g/mol. The first kappa shape index (κ1) is 8.95. The quantitative estimate of drug-likeness (QED) is 0.338. The first-order valence-corrected chi connectivity index (χ1v) is 3.15. The van der Waals surface area contributed by atoms with Gasteiger partial charge in [-0.3, -0.25) is 0 Å². The van der Waals surface area contributed by atoms with E-state index in [-0.39, 0.29) is 5.97 Å². The third kappa shape index (κ3) is 3.07. The highest BCUT2D eigenvalue weighted by molar-refractivity contribution is 5.83. The van der Waals surface area contributed by atoms with Gasteiger partial charge >= 0.3 is 5.97 Å². The number of esters is 1. The molecule has 0 saturated heterocycles. The summed E-state index contributed by atoms with van der Waals surface area (Å²) in [4.78, 5) is 10.6. The van der Waals surface area contributed by atoms with Crippen molar-refractivity contribution in [3.63, 3.8) is 0 Å². The van der Waals surface area contributed by atoms with Crippen molar-refractivity contribution in [2.24, 2.45) is 0 Å². The number of hydrogen-bond donors (Lipinski definition) is 0. The Morgan fingerprint density at radius 2 is 2.30 bits per heavy atom. The Hall–Kier alpha value is -1.05. The van der Waals surface area contributed by atoms with Crippen LogP contribution in [0.25, 0.3) is 0 Å². The smallest absolute Gasteiger partial charge is 0.330 e. The summed E-state index contributed by atoms with van der Waals surface area (Å²) in [7, 11) is 1.36. The molecule has 0 saturated carbocycles. The minimum absolute atomic E-state index is 0.322. The maximum atomic E-state index is 10.6. The topological polar surface area (TPSA) is 26.3 Å². The fourth-order valence-corrected chi connectivity index (χ4v) is 0.516. The second-order valence-electron chi connectivity index (χ2n) is 1.80. The number of hydrogen-bond acceptors (Lipinski definition) is 2. The van der Waals surface area contributed by atoms with Crippen molar-refractivity contribution >= 4 is 5.97 Å². The van der Waals surface area contributed by atoms with E-state index in [1.54, 1.807) is 6.08 Å². The number of methoxy groups -OCH3 is 1. The molecule has 2 nitrogen and oxygen atoms in total. The van der Waals surface area contributed by atoms with Crippen LogP contribution in [0.5, 0.6) is 0 Å². The van der Waals surface area contributed by atoms with E-state index in [1.807, 2.05) is 6.92 Å². The molecule has 0 aromatic carbocycles. The zero-order valence-electron chi connectivity index (χ0n) is 6.39. The number of allylic oxidation sites excluding steroid dienone is 2. The number of carbonyl (C=O) groups excluding carboxylic acids is 1. The molecule has 10 heavy (non-hydrogen) atoms. The van der Waals surface area contributed by atoms with Crippen molar-refractivity contribution in [1.29, 1.82) is 0 Å². The Morgan fingerprint density at radius 1 is 1.70 bits per heavy atom. The number of ether oxygens (including phenoxy) is 1. The van der Waals surface area contributed by atoms with E-state index in [0.717, 1.165) is 12.0 Å². The van der Waals surface area contributed by atoms with Crippen LogP contribution < -0.4 is 0 Å². The van der Waals surface area contributed by atoms with Gasteiger partial charge in [0.2, 0.25) is 0 Å². The molecule has 0 atom stereocenters. The molecule has 0 amide bonds. The lowest BCUT2D eigenvalue weighted by atomic mass is 10.2. The maximum Gasteiger partial charge on any atom is 0.330 e. The second-order valence-corrected chi connectivity index (χ2v) is 1.80. The predicted octanol–water partition coefficient (Wildman–Crippen LogP) is 1.68. The number of rotatable bonds is 3. The van der Waals surface area contributed by atoms with E-state index < -0.39 is 0 Å². The van der Waals surface area contributed by atoms with Crippen LogP contribution in [-0.4, -0.2) is 13.1 Å². The third-order valence-electron chi connectivity index (χ3n) is 1.17. The van der Waals surface area contributed by atoms with Crippen LogP contribution in [0.4, 0.5) is 0 Å². The summed E-state index contributed by atoms with van der Waals surface area (Å²) in [5.41, 5.74) is 0.895. The molecule has 0 aliphatic carbocycles. The molecule has 0 unspecified atom stereocenters. The summed E-state index contributed by atoms with van der Waals surface area (Å²) < 4.78 is 4.42. The van der Waals surface area contributed by atoms with Crippen LogP contribution in [0.3, 0.4) is 0 Å². The van der Waals surface area contributed by atoms with Gasteiger partial charge in [-0.1, -0.05) is 19.6 Å². The van der Waals surface area contributed by atoms with E-state index in [1.165, 1.54) is 13.2 Å². The van der Waals surface area contributed by atoms with Gasteiger partial charge in [-0.15, -0.1) is 0 Å². The third-order valence-corrected chi connectivity index (χ3v) is 1.17. The summed E-state index contributed by atoms with van der Waals surface area (Å²) >= 11 is 0. The van der Waals surface area contributed by atoms with Crippen LogP contribution in [-0.2, 0) is 9.53 Å². The van der Waals surface area contributed by atoms with E-state index in [9.17, 15) is 4.79 Å². The van der Waals surface area contributed by atoms with Crippen molar-refractivity contribution in [3.8, 4) is 0 Å². The van der Waals surface area contributed by atoms with E-state index in [4.69, 9.17) is 0 Å². The van der Waals surface area contributed by atoms with Crippen molar-refractivity contribution in [2.75, 3.05) is 7.11 Å². The Labute approximate surface area is 61.2 Å². The van der Waals surface area contributed by atoms with Crippen molar-refractivity contribution < 1.29 is 9.53 Å². The summed E-state index contributed by atoms with van der Waals surface area (Å²) in [5.74, 6) is -0.322. The van der Waals surface area contributed by atoms with Gasteiger partial charge in [0.1, 0.15) is 0 Å². The van der Waals surface area contributed by atoms with Gasteiger partial charge in [0.25, 0.3) is 0 Å². The predicted molar refractivity (Wildman–Crippen MR) is 40.6 cm³/mol. The molecule has 0 aliphatic rings. The molecule has 0 spiro atoms. The Kier molecular flexibility index (Phi) is 4.29. The Morgan fingerprint density at radius 3 is 2.60 bits per heavy atom. The van der Waals surface area contributed by atoms with Crippen LogP contribution in [0.15, 0.2) is 24.3 Å². The lowest BCUT2D eigenvalue weighted by Crippen LogP contribution is -1.95. The van der Waals surface area contributed by atoms with Crippen LogP contribution >= 0.6 is 0 Å². The van der Waals surface area contributed by atoms with E-state index in [2.05, 4.69) is 11.3 Å². The molecule has 0 fully saturated rings.